The van der Waals surface area contributed by atoms with Crippen molar-refractivity contribution in [1.29, 1.82) is 0 Å². The molecule has 2 atom stereocenters. The fraction of sp³-hybridized carbons (Fsp3) is 0.647. The topological polar surface area (TPSA) is 12.0 Å². The van der Waals surface area contributed by atoms with Crippen LogP contribution in [0.2, 0.25) is 0 Å². The third kappa shape index (κ3) is 3.84. The predicted octanol–water partition coefficient (Wildman–Crippen LogP) is 4.03. The number of rotatable bonds is 5. The first-order valence-corrected chi connectivity index (χ1v) is 7.54. The van der Waals surface area contributed by atoms with E-state index in [1.54, 1.807) is 0 Å². The molecule has 2 rings (SSSR count). The van der Waals surface area contributed by atoms with Crippen LogP contribution in [-0.4, -0.2) is 12.6 Å². The van der Waals surface area contributed by atoms with Crippen LogP contribution in [0.25, 0.3) is 0 Å². The molecule has 0 amide bonds. The fourth-order valence-corrected chi connectivity index (χ4v) is 3.26. The van der Waals surface area contributed by atoms with Crippen molar-refractivity contribution < 1.29 is 0 Å². The van der Waals surface area contributed by atoms with Gasteiger partial charge in [-0.25, -0.2) is 0 Å². The highest BCUT2D eigenvalue weighted by molar-refractivity contribution is 5.14. The van der Waals surface area contributed by atoms with Gasteiger partial charge in [-0.05, 0) is 43.2 Å². The Bertz CT molecular complexity index is 331. The summed E-state index contributed by atoms with van der Waals surface area (Å²) in [6, 6.07) is 11.6. The van der Waals surface area contributed by atoms with Crippen molar-refractivity contribution in [2.45, 2.75) is 52.0 Å². The summed E-state index contributed by atoms with van der Waals surface area (Å²) in [5, 5.41) is 3.80. The van der Waals surface area contributed by atoms with Crippen LogP contribution in [0.5, 0.6) is 0 Å². The van der Waals surface area contributed by atoms with Crippen molar-refractivity contribution in [3.8, 4) is 0 Å². The Balaban J connectivity index is 1.78. The molecule has 0 heterocycles. The lowest BCUT2D eigenvalue weighted by Crippen LogP contribution is -2.41. The quantitative estimate of drug-likeness (QED) is 0.825. The lowest BCUT2D eigenvalue weighted by Gasteiger charge is -2.35. The van der Waals surface area contributed by atoms with Gasteiger partial charge in [0.25, 0.3) is 0 Å². The molecule has 0 aliphatic heterocycles. The molecule has 0 radical (unpaired) electrons. The number of nitrogens with one attached hydrogen (secondary N) is 1. The van der Waals surface area contributed by atoms with Gasteiger partial charge in [0.05, 0.1) is 0 Å². The summed E-state index contributed by atoms with van der Waals surface area (Å²) in [6.07, 6.45) is 6.78. The van der Waals surface area contributed by atoms with Crippen molar-refractivity contribution in [2.75, 3.05) is 6.54 Å². The molecule has 0 bridgehead atoms. The van der Waals surface area contributed by atoms with E-state index in [4.69, 9.17) is 0 Å². The van der Waals surface area contributed by atoms with Gasteiger partial charge < -0.3 is 5.32 Å². The highest BCUT2D eigenvalue weighted by Crippen LogP contribution is 2.30. The smallest absolute Gasteiger partial charge is 0.00978 e. The highest BCUT2D eigenvalue weighted by Gasteiger charge is 2.26. The summed E-state index contributed by atoms with van der Waals surface area (Å²) in [5.41, 5.74) is 1.45. The molecular formula is C17H27N. The lowest BCUT2D eigenvalue weighted by molar-refractivity contribution is 0.207. The fourth-order valence-electron chi connectivity index (χ4n) is 3.26. The Morgan fingerprint density at radius 2 is 1.83 bits per heavy atom. The molecule has 1 aliphatic rings. The molecular weight excluding hydrogens is 218 g/mol. The van der Waals surface area contributed by atoms with Crippen molar-refractivity contribution in [1.82, 2.24) is 5.32 Å². The molecule has 1 nitrogen and oxygen atoms in total. The second-order valence-corrected chi connectivity index (χ2v) is 5.99. The lowest BCUT2D eigenvalue weighted by atomic mass is 9.78. The average molecular weight is 245 g/mol. The molecule has 0 aromatic heterocycles. The summed E-state index contributed by atoms with van der Waals surface area (Å²) in [7, 11) is 0. The first-order valence-electron chi connectivity index (χ1n) is 7.54. The zero-order chi connectivity index (χ0) is 12.8. The number of hydrogen-bond acceptors (Lipinski definition) is 1. The Kier molecular flexibility index (Phi) is 5.25. The molecule has 1 N–H and O–H groups in total. The van der Waals surface area contributed by atoms with E-state index in [1.807, 2.05) is 0 Å². The van der Waals surface area contributed by atoms with Gasteiger partial charge in [0.15, 0.2) is 0 Å². The summed E-state index contributed by atoms with van der Waals surface area (Å²) < 4.78 is 0. The zero-order valence-corrected chi connectivity index (χ0v) is 11.9. The molecule has 100 valence electrons. The maximum atomic E-state index is 3.80. The summed E-state index contributed by atoms with van der Waals surface area (Å²) in [4.78, 5) is 0. The molecule has 1 heteroatoms. The summed E-state index contributed by atoms with van der Waals surface area (Å²) >= 11 is 0. The standard InChI is InChI=1S/C17H27N/c1-14(2)16-10-6-7-11-17(16)18-13-12-15-8-4-3-5-9-15/h3-5,8-9,14,16-18H,6-7,10-13H2,1-2H3. The molecule has 2 unspecified atom stereocenters. The summed E-state index contributed by atoms with van der Waals surface area (Å²) in [5.74, 6) is 1.70. The number of benzene rings is 1. The van der Waals surface area contributed by atoms with E-state index in [1.165, 1.54) is 31.2 Å². The SMILES string of the molecule is CC(C)C1CCCCC1NCCc1ccccc1. The average Bonchev–Trinajstić information content (AvgIpc) is 2.40. The van der Waals surface area contributed by atoms with Crippen LogP contribution in [0.1, 0.15) is 45.1 Å². The van der Waals surface area contributed by atoms with Crippen LogP contribution in [0.3, 0.4) is 0 Å². The van der Waals surface area contributed by atoms with Gasteiger partial charge in [0.2, 0.25) is 0 Å². The van der Waals surface area contributed by atoms with E-state index in [0.717, 1.165) is 30.8 Å². The van der Waals surface area contributed by atoms with Crippen LogP contribution in [-0.2, 0) is 6.42 Å². The van der Waals surface area contributed by atoms with Crippen LogP contribution >= 0.6 is 0 Å². The van der Waals surface area contributed by atoms with Crippen LogP contribution < -0.4 is 5.32 Å². The van der Waals surface area contributed by atoms with Gasteiger partial charge in [-0.15, -0.1) is 0 Å². The van der Waals surface area contributed by atoms with E-state index in [-0.39, 0.29) is 0 Å². The Labute approximate surface area is 112 Å². The van der Waals surface area contributed by atoms with E-state index in [2.05, 4.69) is 49.5 Å². The van der Waals surface area contributed by atoms with Crippen LogP contribution in [0, 0.1) is 11.8 Å². The minimum atomic E-state index is 0.752. The first kappa shape index (κ1) is 13.6. The molecule has 1 saturated carbocycles. The predicted molar refractivity (Wildman–Crippen MR) is 78.7 cm³/mol. The van der Waals surface area contributed by atoms with Gasteiger partial charge in [0.1, 0.15) is 0 Å². The van der Waals surface area contributed by atoms with Crippen LogP contribution in [0.15, 0.2) is 30.3 Å². The minimum absolute atomic E-state index is 0.752. The van der Waals surface area contributed by atoms with Crippen molar-refractivity contribution in [2.24, 2.45) is 11.8 Å². The van der Waals surface area contributed by atoms with E-state index < -0.39 is 0 Å². The van der Waals surface area contributed by atoms with E-state index in [9.17, 15) is 0 Å². The largest absolute Gasteiger partial charge is 0.313 e. The molecule has 0 saturated heterocycles. The molecule has 1 aromatic carbocycles. The highest BCUT2D eigenvalue weighted by atomic mass is 14.9. The Hall–Kier alpha value is -0.820. The normalized spacial score (nSPS) is 24.4. The minimum Gasteiger partial charge on any atom is -0.313 e. The van der Waals surface area contributed by atoms with Crippen molar-refractivity contribution >= 4 is 0 Å². The van der Waals surface area contributed by atoms with Gasteiger partial charge >= 0.3 is 0 Å². The van der Waals surface area contributed by atoms with Gasteiger partial charge in [-0.3, -0.25) is 0 Å². The van der Waals surface area contributed by atoms with Crippen molar-refractivity contribution in [3.63, 3.8) is 0 Å². The van der Waals surface area contributed by atoms with E-state index in [0.29, 0.717) is 0 Å². The van der Waals surface area contributed by atoms with Gasteiger partial charge in [-0.1, -0.05) is 57.0 Å². The maximum Gasteiger partial charge on any atom is 0.00978 e. The maximum absolute atomic E-state index is 3.80. The Morgan fingerprint density at radius 3 is 2.56 bits per heavy atom. The van der Waals surface area contributed by atoms with Gasteiger partial charge in [0, 0.05) is 6.04 Å². The zero-order valence-electron chi connectivity index (χ0n) is 11.9. The molecule has 1 aliphatic carbocycles. The second kappa shape index (κ2) is 6.94. The monoisotopic (exact) mass is 245 g/mol. The molecule has 1 fully saturated rings. The van der Waals surface area contributed by atoms with Crippen molar-refractivity contribution in [3.05, 3.63) is 35.9 Å². The third-order valence-corrected chi connectivity index (χ3v) is 4.34. The summed E-state index contributed by atoms with van der Waals surface area (Å²) in [6.45, 7) is 5.88. The van der Waals surface area contributed by atoms with E-state index >= 15 is 0 Å². The van der Waals surface area contributed by atoms with Gasteiger partial charge in [-0.2, -0.15) is 0 Å². The molecule has 1 aromatic rings. The third-order valence-electron chi connectivity index (χ3n) is 4.34. The number of hydrogen-bond donors (Lipinski definition) is 1. The first-order chi connectivity index (χ1) is 8.77. The second-order valence-electron chi connectivity index (χ2n) is 5.99. The molecule has 18 heavy (non-hydrogen) atoms. The Morgan fingerprint density at radius 1 is 1.11 bits per heavy atom. The molecule has 0 spiro atoms. The van der Waals surface area contributed by atoms with Crippen LogP contribution in [0.4, 0.5) is 0 Å².